The summed E-state index contributed by atoms with van der Waals surface area (Å²) in [7, 11) is 0. The van der Waals surface area contributed by atoms with E-state index in [2.05, 4.69) is 41.8 Å². The summed E-state index contributed by atoms with van der Waals surface area (Å²) in [5, 5.41) is 4.34. The molecule has 0 saturated carbocycles. The summed E-state index contributed by atoms with van der Waals surface area (Å²) in [6.45, 7) is 2.06. The van der Waals surface area contributed by atoms with Crippen LogP contribution in [0.2, 0.25) is 0 Å². The van der Waals surface area contributed by atoms with Gasteiger partial charge in [-0.15, -0.1) is 0 Å². The molecule has 0 unspecified atom stereocenters. The molecule has 0 aromatic heterocycles. The molecular formula is C11H15N3S. The highest BCUT2D eigenvalue weighted by atomic mass is 32.1. The molecule has 3 N–H and O–H groups in total. The predicted octanol–water partition coefficient (Wildman–Crippen LogP) is 1.83. The minimum absolute atomic E-state index is 0.203. The van der Waals surface area contributed by atoms with Gasteiger partial charge in [-0.1, -0.05) is 37.3 Å². The molecule has 80 valence electrons. The Labute approximate surface area is 95.4 Å². The van der Waals surface area contributed by atoms with E-state index in [0.29, 0.717) is 0 Å². The van der Waals surface area contributed by atoms with Gasteiger partial charge in [-0.05, 0) is 24.2 Å². The highest BCUT2D eigenvalue weighted by Gasteiger charge is 1.98. The van der Waals surface area contributed by atoms with Gasteiger partial charge in [0.25, 0.3) is 0 Å². The highest BCUT2D eigenvalue weighted by Crippen LogP contribution is 2.02. The van der Waals surface area contributed by atoms with Gasteiger partial charge in [-0.2, -0.15) is 5.10 Å². The summed E-state index contributed by atoms with van der Waals surface area (Å²) in [5.74, 6) is 0. The molecule has 0 fully saturated rings. The third-order valence-corrected chi connectivity index (χ3v) is 2.07. The zero-order valence-corrected chi connectivity index (χ0v) is 9.55. The number of hydrogen-bond acceptors (Lipinski definition) is 2. The maximum absolute atomic E-state index is 5.30. The predicted molar refractivity (Wildman–Crippen MR) is 67.8 cm³/mol. The van der Waals surface area contributed by atoms with Crippen LogP contribution in [0.1, 0.15) is 18.9 Å². The largest absolute Gasteiger partial charge is 0.375 e. The van der Waals surface area contributed by atoms with Crippen LogP contribution in [0.25, 0.3) is 0 Å². The van der Waals surface area contributed by atoms with Crippen LogP contribution in [0.15, 0.2) is 35.4 Å². The van der Waals surface area contributed by atoms with Gasteiger partial charge in [0.05, 0.1) is 0 Å². The van der Waals surface area contributed by atoms with E-state index in [1.54, 1.807) is 0 Å². The fourth-order valence-corrected chi connectivity index (χ4v) is 1.25. The van der Waals surface area contributed by atoms with Crippen LogP contribution in [-0.2, 0) is 6.42 Å². The topological polar surface area (TPSA) is 50.4 Å². The summed E-state index contributed by atoms with van der Waals surface area (Å²) in [4.78, 5) is 0. The van der Waals surface area contributed by atoms with Crippen molar-refractivity contribution in [2.24, 2.45) is 10.8 Å². The van der Waals surface area contributed by atoms with Crippen molar-refractivity contribution in [3.05, 3.63) is 35.9 Å². The minimum Gasteiger partial charge on any atom is -0.375 e. The Morgan fingerprint density at radius 2 is 2.07 bits per heavy atom. The smallest absolute Gasteiger partial charge is 0.184 e. The Kier molecular flexibility index (Phi) is 4.77. The number of rotatable bonds is 4. The second-order valence-electron chi connectivity index (χ2n) is 3.17. The van der Waals surface area contributed by atoms with Crippen molar-refractivity contribution < 1.29 is 0 Å². The van der Waals surface area contributed by atoms with Crippen molar-refractivity contribution in [1.82, 2.24) is 5.43 Å². The highest BCUT2D eigenvalue weighted by molar-refractivity contribution is 7.80. The van der Waals surface area contributed by atoms with Gasteiger partial charge in [0.2, 0.25) is 0 Å². The number of hydrogen-bond donors (Lipinski definition) is 2. The normalized spacial score (nSPS) is 11.1. The lowest BCUT2D eigenvalue weighted by Gasteiger charge is -2.04. The van der Waals surface area contributed by atoms with Crippen molar-refractivity contribution in [1.29, 1.82) is 0 Å². The standard InChI is InChI=1S/C11H15N3S/c1-2-10(13-14-11(12)15)8-9-6-4-3-5-7-9/h3-7H,2,8H2,1H3,(H3,12,14,15). The summed E-state index contributed by atoms with van der Waals surface area (Å²) < 4.78 is 0. The maximum atomic E-state index is 5.30. The number of nitrogens with one attached hydrogen (secondary N) is 1. The lowest BCUT2D eigenvalue weighted by molar-refractivity contribution is 0.992. The van der Waals surface area contributed by atoms with Crippen LogP contribution < -0.4 is 11.2 Å². The summed E-state index contributed by atoms with van der Waals surface area (Å²) in [5.41, 5.74) is 10.2. The third-order valence-electron chi connectivity index (χ3n) is 1.98. The second kappa shape index (κ2) is 6.14. The molecule has 3 nitrogen and oxygen atoms in total. The van der Waals surface area contributed by atoms with E-state index in [1.165, 1.54) is 5.56 Å². The SMILES string of the molecule is CCC(Cc1ccccc1)=NNC(N)=S. The molecular weight excluding hydrogens is 206 g/mol. The van der Waals surface area contributed by atoms with Crippen LogP contribution in [0, 0.1) is 0 Å². The molecule has 1 aromatic rings. The molecule has 0 atom stereocenters. The Bertz CT molecular complexity index is 346. The van der Waals surface area contributed by atoms with Crippen molar-refractivity contribution in [3.63, 3.8) is 0 Å². The van der Waals surface area contributed by atoms with Gasteiger partial charge in [-0.3, -0.25) is 5.43 Å². The van der Waals surface area contributed by atoms with Crippen molar-refractivity contribution in [2.75, 3.05) is 0 Å². The minimum atomic E-state index is 0.203. The van der Waals surface area contributed by atoms with E-state index in [9.17, 15) is 0 Å². The molecule has 0 heterocycles. The van der Waals surface area contributed by atoms with E-state index in [4.69, 9.17) is 5.73 Å². The zero-order valence-electron chi connectivity index (χ0n) is 8.73. The maximum Gasteiger partial charge on any atom is 0.184 e. The van der Waals surface area contributed by atoms with Crippen LogP contribution in [0.5, 0.6) is 0 Å². The summed E-state index contributed by atoms with van der Waals surface area (Å²) in [6.07, 6.45) is 1.71. The number of nitrogens with two attached hydrogens (primary N) is 1. The average Bonchev–Trinajstić information content (AvgIpc) is 2.25. The lowest BCUT2D eigenvalue weighted by atomic mass is 10.1. The van der Waals surface area contributed by atoms with E-state index in [-0.39, 0.29) is 5.11 Å². The van der Waals surface area contributed by atoms with Crippen LogP contribution in [0.4, 0.5) is 0 Å². The first-order chi connectivity index (χ1) is 7.22. The summed E-state index contributed by atoms with van der Waals surface area (Å²) in [6, 6.07) is 10.2. The number of thiocarbonyl (C=S) groups is 1. The van der Waals surface area contributed by atoms with Crippen LogP contribution in [-0.4, -0.2) is 10.8 Å². The molecule has 0 bridgehead atoms. The van der Waals surface area contributed by atoms with Gasteiger partial charge >= 0.3 is 0 Å². The monoisotopic (exact) mass is 221 g/mol. The Morgan fingerprint density at radius 3 is 2.60 bits per heavy atom. The molecule has 0 aliphatic carbocycles. The van der Waals surface area contributed by atoms with E-state index < -0.39 is 0 Å². The number of hydrazone groups is 1. The molecule has 4 heteroatoms. The zero-order chi connectivity index (χ0) is 11.1. The van der Waals surface area contributed by atoms with Crippen molar-refractivity contribution in [3.8, 4) is 0 Å². The van der Waals surface area contributed by atoms with Crippen LogP contribution >= 0.6 is 12.2 Å². The molecule has 0 saturated heterocycles. The number of benzene rings is 1. The number of nitrogens with zero attached hydrogens (tertiary/aromatic N) is 1. The quantitative estimate of drug-likeness (QED) is 0.463. The Morgan fingerprint density at radius 1 is 1.40 bits per heavy atom. The van der Waals surface area contributed by atoms with Gasteiger partial charge in [0.15, 0.2) is 5.11 Å². The molecule has 0 spiro atoms. The first-order valence-electron chi connectivity index (χ1n) is 4.87. The molecule has 0 aliphatic heterocycles. The van der Waals surface area contributed by atoms with Gasteiger partial charge in [0, 0.05) is 12.1 Å². The first kappa shape index (κ1) is 11.7. The Balaban J connectivity index is 2.61. The summed E-state index contributed by atoms with van der Waals surface area (Å²) >= 11 is 4.69. The van der Waals surface area contributed by atoms with Crippen molar-refractivity contribution in [2.45, 2.75) is 19.8 Å². The second-order valence-corrected chi connectivity index (χ2v) is 3.61. The molecule has 15 heavy (non-hydrogen) atoms. The molecule has 0 aliphatic rings. The van der Waals surface area contributed by atoms with Gasteiger partial charge in [-0.25, -0.2) is 0 Å². The van der Waals surface area contributed by atoms with Crippen molar-refractivity contribution >= 4 is 23.0 Å². The molecule has 0 radical (unpaired) electrons. The van der Waals surface area contributed by atoms with E-state index >= 15 is 0 Å². The molecule has 0 amide bonds. The van der Waals surface area contributed by atoms with E-state index in [1.807, 2.05) is 18.2 Å². The fourth-order valence-electron chi connectivity index (χ4n) is 1.21. The third kappa shape index (κ3) is 4.56. The van der Waals surface area contributed by atoms with Gasteiger partial charge in [0.1, 0.15) is 0 Å². The van der Waals surface area contributed by atoms with Gasteiger partial charge < -0.3 is 5.73 Å². The van der Waals surface area contributed by atoms with Crippen LogP contribution in [0.3, 0.4) is 0 Å². The fraction of sp³-hybridized carbons (Fsp3) is 0.273. The first-order valence-corrected chi connectivity index (χ1v) is 5.28. The van der Waals surface area contributed by atoms with E-state index in [0.717, 1.165) is 18.6 Å². The Hall–Kier alpha value is -1.42. The molecule has 1 aromatic carbocycles. The molecule has 1 rings (SSSR count). The lowest BCUT2D eigenvalue weighted by Crippen LogP contribution is -2.25. The average molecular weight is 221 g/mol.